The molecule has 5 aromatic rings. The van der Waals surface area contributed by atoms with Crippen molar-refractivity contribution in [3.63, 3.8) is 0 Å². The highest BCUT2D eigenvalue weighted by Crippen LogP contribution is 2.07. The summed E-state index contributed by atoms with van der Waals surface area (Å²) in [6.07, 6.45) is 19.2. The summed E-state index contributed by atoms with van der Waals surface area (Å²) < 4.78 is 11.9. The lowest BCUT2D eigenvalue weighted by molar-refractivity contribution is 0.475. The number of hydrogen-bond donors (Lipinski definition) is 4. The molecule has 5 heterocycles. The second kappa shape index (κ2) is 21.9. The molecule has 0 unspecified atom stereocenters. The molecule has 0 saturated carbocycles. The summed E-state index contributed by atoms with van der Waals surface area (Å²) >= 11 is 0. The Labute approximate surface area is 262 Å². The number of terminal acetylenes is 1. The predicted octanol–water partition coefficient (Wildman–Crippen LogP) is 5.92. The zero-order valence-corrected chi connectivity index (χ0v) is 24.4. The van der Waals surface area contributed by atoms with Crippen LogP contribution in [0.5, 0.6) is 0 Å². The van der Waals surface area contributed by atoms with Crippen LogP contribution in [0.2, 0.25) is 0 Å². The maximum Gasteiger partial charge on any atom is 0.197 e. The Morgan fingerprint density at radius 2 is 1.56 bits per heavy atom. The summed E-state index contributed by atoms with van der Waals surface area (Å²) in [5, 5.41) is 11.5. The Morgan fingerprint density at radius 3 is 2.07 bits per heavy atom. The van der Waals surface area contributed by atoms with Crippen LogP contribution in [0.15, 0.2) is 69.3 Å². The predicted molar refractivity (Wildman–Crippen MR) is 170 cm³/mol. The van der Waals surface area contributed by atoms with E-state index in [1.54, 1.807) is 41.7 Å². The maximum atomic E-state index is 7.88. The number of unbranched alkanes of at least 4 members (excludes halogenated alkanes) is 1. The molecule has 43 heavy (non-hydrogen) atoms. The molecule has 0 aliphatic heterocycles. The minimum Gasteiger partial charge on any atom is -0.469 e. The summed E-state index contributed by atoms with van der Waals surface area (Å²) in [4.78, 5) is 16.4. The average Bonchev–Trinajstić information content (AvgIpc) is 3.78. The number of aromatic nitrogens is 7. The molecule has 0 aromatic carbocycles. The van der Waals surface area contributed by atoms with Crippen molar-refractivity contribution in [1.29, 1.82) is 0 Å². The molecule has 0 spiro atoms. The van der Waals surface area contributed by atoms with Crippen molar-refractivity contribution < 1.29 is 8.83 Å². The number of hydrogen-bond acceptors (Lipinski definition) is 9. The molecule has 232 valence electrons. The highest BCUT2D eigenvalue weighted by atomic mass is 35.5. The molecule has 0 saturated heterocycles. The Bertz CT molecular complexity index is 1460. The maximum absolute atomic E-state index is 7.88. The third-order valence-corrected chi connectivity index (χ3v) is 5.30. The molecule has 5 rings (SSSR count). The molecule has 0 aliphatic carbocycles. The van der Waals surface area contributed by atoms with Crippen molar-refractivity contribution in [2.24, 2.45) is 5.11 Å². The van der Waals surface area contributed by atoms with E-state index in [1.807, 2.05) is 18.3 Å². The highest BCUT2D eigenvalue weighted by Gasteiger charge is 2.04. The lowest BCUT2D eigenvalue weighted by Gasteiger charge is -1.96. The van der Waals surface area contributed by atoms with E-state index in [9.17, 15) is 0 Å². The number of aryl methyl sites for hydroxylation is 3. The van der Waals surface area contributed by atoms with Gasteiger partial charge < -0.3 is 30.3 Å². The van der Waals surface area contributed by atoms with E-state index < -0.39 is 0 Å². The van der Waals surface area contributed by atoms with Gasteiger partial charge in [0, 0.05) is 28.9 Å². The zero-order valence-electron chi connectivity index (χ0n) is 22.8. The summed E-state index contributed by atoms with van der Waals surface area (Å²) in [7, 11) is 0. The number of imidazole rings is 2. The molecule has 0 bridgehead atoms. The van der Waals surface area contributed by atoms with E-state index in [-0.39, 0.29) is 32.2 Å². The largest absolute Gasteiger partial charge is 0.469 e. The number of aromatic amines is 2. The molecule has 14 nitrogen and oxygen atoms in total. The fraction of sp³-hybridized carbons (Fsp3) is 0.333. The van der Waals surface area contributed by atoms with Gasteiger partial charge in [-0.25, -0.2) is 14.6 Å². The number of furan rings is 2. The van der Waals surface area contributed by atoms with E-state index in [0.29, 0.717) is 30.7 Å². The summed E-state index contributed by atoms with van der Waals surface area (Å²) in [5.41, 5.74) is 21.9. The van der Waals surface area contributed by atoms with Crippen molar-refractivity contribution in [2.45, 2.75) is 59.0 Å². The van der Waals surface area contributed by atoms with Crippen LogP contribution in [0.1, 0.15) is 55.3 Å². The Hall–Kier alpha value is -4.83. The number of nitrogens with two attached hydrogens (primary N) is 2. The van der Waals surface area contributed by atoms with Crippen LogP contribution in [0.25, 0.3) is 10.4 Å². The van der Waals surface area contributed by atoms with Crippen molar-refractivity contribution in [1.82, 2.24) is 34.9 Å². The van der Waals surface area contributed by atoms with Gasteiger partial charge in [-0.15, -0.1) is 42.3 Å². The first-order chi connectivity index (χ1) is 19.6. The minimum atomic E-state index is 0. The molecular formula is C27H38Cl2N12O2. The number of nitrogens with zero attached hydrogens (tertiary/aromatic N) is 8. The number of halogens is 2. The van der Waals surface area contributed by atoms with E-state index in [1.165, 1.54) is 0 Å². The SMILES string of the molecule is C.C#CCCCc1cnc(N)[nH]1.Cl.Cl.Nc1ncc(CCCc2cn(Cc3ccco3)nn2)[nH]1.[N-]=[N+]=NCc1ccco1. The third kappa shape index (κ3) is 15.1. The summed E-state index contributed by atoms with van der Waals surface area (Å²) in [6.45, 7) is 0.903. The van der Waals surface area contributed by atoms with Gasteiger partial charge in [-0.1, -0.05) is 17.8 Å². The van der Waals surface area contributed by atoms with Crippen LogP contribution >= 0.6 is 24.8 Å². The lowest BCUT2D eigenvalue weighted by Crippen LogP contribution is -1.98. The first kappa shape index (κ1) is 38.2. The van der Waals surface area contributed by atoms with Gasteiger partial charge in [0.1, 0.15) is 18.1 Å². The van der Waals surface area contributed by atoms with E-state index >= 15 is 0 Å². The van der Waals surface area contributed by atoms with Gasteiger partial charge in [0.2, 0.25) is 0 Å². The first-order valence-corrected chi connectivity index (χ1v) is 12.5. The van der Waals surface area contributed by atoms with E-state index in [2.05, 4.69) is 46.2 Å². The monoisotopic (exact) mass is 632 g/mol. The van der Waals surface area contributed by atoms with Gasteiger partial charge >= 0.3 is 0 Å². The molecule has 0 amide bonds. The van der Waals surface area contributed by atoms with Gasteiger partial charge in [0.15, 0.2) is 11.9 Å². The molecule has 0 radical (unpaired) electrons. The van der Waals surface area contributed by atoms with Crippen LogP contribution in [-0.2, 0) is 32.4 Å². The number of rotatable bonds is 11. The molecule has 0 atom stereocenters. The van der Waals surface area contributed by atoms with E-state index in [0.717, 1.165) is 61.4 Å². The molecule has 5 aromatic heterocycles. The summed E-state index contributed by atoms with van der Waals surface area (Å²) in [5.74, 6) is 5.07. The molecular weight excluding hydrogens is 595 g/mol. The molecule has 0 aliphatic rings. The third-order valence-electron chi connectivity index (χ3n) is 5.30. The topological polar surface area (TPSA) is 215 Å². The van der Waals surface area contributed by atoms with Gasteiger partial charge in [0.05, 0.1) is 37.2 Å². The number of nitrogen functional groups attached to an aromatic ring is 2. The zero-order chi connectivity index (χ0) is 28.4. The van der Waals surface area contributed by atoms with Crippen LogP contribution in [0, 0.1) is 12.3 Å². The normalized spacial score (nSPS) is 9.28. The Morgan fingerprint density at radius 1 is 0.953 bits per heavy atom. The van der Waals surface area contributed by atoms with Crippen molar-refractivity contribution in [3.8, 4) is 12.3 Å². The van der Waals surface area contributed by atoms with Crippen LogP contribution < -0.4 is 11.5 Å². The van der Waals surface area contributed by atoms with Gasteiger partial charge in [0.25, 0.3) is 0 Å². The van der Waals surface area contributed by atoms with E-state index in [4.69, 9.17) is 32.3 Å². The highest BCUT2D eigenvalue weighted by molar-refractivity contribution is 5.85. The fourth-order valence-electron chi connectivity index (χ4n) is 3.44. The number of anilines is 2. The minimum absolute atomic E-state index is 0. The van der Waals surface area contributed by atoms with Crippen molar-refractivity contribution in [3.05, 3.63) is 94.4 Å². The number of nitrogens with one attached hydrogen (secondary N) is 2. The number of H-pyrrole nitrogens is 2. The average molecular weight is 634 g/mol. The standard InChI is InChI=1S/C13H16N6O.C8H11N3.C5H5N3O.CH4.2ClH/c14-13-15-7-10(16-13)3-1-4-11-8-19(18-17-11)9-12-5-2-6-20-12;1-2-3-4-5-7-6-10-8(9)11-7;6-8-7-4-5-2-1-3-9-5;;;/h2,5-8H,1,3-4,9H2,(H3,14,15,16);1,6H,3-5H2,(H3,9,10,11);1-3H,4H2;1H4;2*1H. The fourth-order valence-corrected chi connectivity index (χ4v) is 3.44. The second-order valence-electron chi connectivity index (χ2n) is 8.45. The van der Waals surface area contributed by atoms with Gasteiger partial charge in [-0.3, -0.25) is 0 Å². The molecule has 6 N–H and O–H groups in total. The van der Waals surface area contributed by atoms with Gasteiger partial charge in [-0.05, 0) is 61.9 Å². The Balaban J connectivity index is 0.000000657. The van der Waals surface area contributed by atoms with Crippen LogP contribution in [-0.4, -0.2) is 34.9 Å². The Kier molecular flexibility index (Phi) is 19.4. The van der Waals surface area contributed by atoms with Crippen molar-refractivity contribution in [2.75, 3.05) is 11.5 Å². The van der Waals surface area contributed by atoms with Crippen LogP contribution in [0.3, 0.4) is 0 Å². The van der Waals surface area contributed by atoms with Crippen molar-refractivity contribution >= 4 is 36.7 Å². The second-order valence-corrected chi connectivity index (χ2v) is 8.45. The molecule has 0 fully saturated rings. The lowest BCUT2D eigenvalue weighted by atomic mass is 10.2. The summed E-state index contributed by atoms with van der Waals surface area (Å²) in [6, 6.07) is 7.30. The smallest absolute Gasteiger partial charge is 0.197 e. The van der Waals surface area contributed by atoms with Gasteiger partial charge in [-0.2, -0.15) is 0 Å². The quantitative estimate of drug-likeness (QED) is 0.0449. The first-order valence-electron chi connectivity index (χ1n) is 12.5. The number of azide groups is 1. The molecule has 16 heteroatoms. The van der Waals surface area contributed by atoms with Crippen LogP contribution in [0.4, 0.5) is 11.9 Å².